The van der Waals surface area contributed by atoms with Gasteiger partial charge in [-0.1, -0.05) is 37.1 Å². The summed E-state index contributed by atoms with van der Waals surface area (Å²) in [6.45, 7) is 6.82. The predicted molar refractivity (Wildman–Crippen MR) is 74.9 cm³/mol. The molecule has 0 amide bonds. The minimum absolute atomic E-state index is 0.0512. The van der Waals surface area contributed by atoms with E-state index in [0.717, 1.165) is 12.1 Å². The highest BCUT2D eigenvalue weighted by Gasteiger charge is 2.08. The maximum absolute atomic E-state index is 10.7. The molecule has 1 N–H and O–H groups in total. The summed E-state index contributed by atoms with van der Waals surface area (Å²) in [5.41, 5.74) is 1.80. The quantitative estimate of drug-likeness (QED) is 0.655. The molecule has 0 atom stereocenters. The third-order valence-corrected chi connectivity index (χ3v) is 2.73. The normalized spacial score (nSPS) is 11.9. The van der Waals surface area contributed by atoms with Gasteiger partial charge in [-0.25, -0.2) is 0 Å². The van der Waals surface area contributed by atoms with E-state index in [2.05, 4.69) is 19.2 Å². The number of nitro benzene ring substituents is 1. The van der Waals surface area contributed by atoms with E-state index in [0.29, 0.717) is 16.6 Å². The van der Waals surface area contributed by atoms with Gasteiger partial charge in [0.2, 0.25) is 0 Å². The van der Waals surface area contributed by atoms with Crippen LogP contribution < -0.4 is 5.32 Å². The minimum atomic E-state index is -0.421. The van der Waals surface area contributed by atoms with Gasteiger partial charge in [0, 0.05) is 29.7 Å². The van der Waals surface area contributed by atoms with Crippen LogP contribution in [-0.2, 0) is 0 Å². The van der Waals surface area contributed by atoms with Crippen molar-refractivity contribution in [2.24, 2.45) is 0 Å². The zero-order valence-corrected chi connectivity index (χ0v) is 11.5. The zero-order chi connectivity index (χ0) is 13.7. The Kier molecular flexibility index (Phi) is 5.31. The third-order valence-electron chi connectivity index (χ3n) is 2.38. The summed E-state index contributed by atoms with van der Waals surface area (Å²) < 4.78 is 0. The van der Waals surface area contributed by atoms with E-state index in [1.165, 1.54) is 12.1 Å². The van der Waals surface area contributed by atoms with Crippen LogP contribution in [-0.4, -0.2) is 17.5 Å². The number of rotatable bonds is 5. The molecule has 0 radical (unpaired) electrons. The number of nitrogens with zero attached hydrogens (tertiary/aromatic N) is 1. The molecular formula is C13H17ClN2O2. The summed E-state index contributed by atoms with van der Waals surface area (Å²) in [5, 5.41) is 14.5. The number of nitro groups is 1. The fourth-order valence-corrected chi connectivity index (χ4v) is 1.61. The largest absolute Gasteiger partial charge is 0.311 e. The van der Waals surface area contributed by atoms with Crippen LogP contribution >= 0.6 is 11.6 Å². The van der Waals surface area contributed by atoms with Crippen molar-refractivity contribution in [2.45, 2.75) is 26.8 Å². The van der Waals surface area contributed by atoms with Crippen molar-refractivity contribution >= 4 is 23.4 Å². The Hall–Kier alpha value is -1.39. The van der Waals surface area contributed by atoms with Gasteiger partial charge in [0.1, 0.15) is 0 Å². The molecule has 0 bridgehead atoms. The van der Waals surface area contributed by atoms with E-state index in [9.17, 15) is 10.1 Å². The molecule has 0 spiro atoms. The SMILES string of the molecule is CC(=Cc1cc([N+](=O)[O-])ccc1Cl)CNC(C)C. The molecule has 1 aromatic rings. The average molecular weight is 269 g/mol. The van der Waals surface area contributed by atoms with Gasteiger partial charge in [0.25, 0.3) is 5.69 Å². The predicted octanol–water partition coefficient (Wildman–Crippen LogP) is 3.65. The second kappa shape index (κ2) is 6.52. The van der Waals surface area contributed by atoms with Crippen LogP contribution in [0.3, 0.4) is 0 Å². The Balaban J connectivity index is 2.91. The average Bonchev–Trinajstić information content (AvgIpc) is 2.29. The van der Waals surface area contributed by atoms with Crippen LogP contribution in [0.1, 0.15) is 26.3 Å². The molecular weight excluding hydrogens is 252 g/mol. The van der Waals surface area contributed by atoms with E-state index in [-0.39, 0.29) is 5.69 Å². The molecule has 0 aromatic heterocycles. The van der Waals surface area contributed by atoms with Crippen molar-refractivity contribution < 1.29 is 4.92 Å². The molecule has 98 valence electrons. The van der Waals surface area contributed by atoms with Crippen LogP contribution in [0.4, 0.5) is 5.69 Å². The second-order valence-electron chi connectivity index (χ2n) is 4.49. The number of hydrogen-bond donors (Lipinski definition) is 1. The van der Waals surface area contributed by atoms with Crippen LogP contribution in [0, 0.1) is 10.1 Å². The van der Waals surface area contributed by atoms with E-state index < -0.39 is 4.92 Å². The number of benzene rings is 1. The maximum Gasteiger partial charge on any atom is 0.270 e. The van der Waals surface area contributed by atoms with E-state index in [1.807, 2.05) is 13.0 Å². The fourth-order valence-electron chi connectivity index (χ4n) is 1.44. The van der Waals surface area contributed by atoms with Gasteiger partial charge in [0.15, 0.2) is 0 Å². The molecule has 4 nitrogen and oxygen atoms in total. The molecule has 5 heteroatoms. The summed E-state index contributed by atoms with van der Waals surface area (Å²) in [6.07, 6.45) is 1.87. The second-order valence-corrected chi connectivity index (χ2v) is 4.90. The molecule has 0 aliphatic rings. The summed E-state index contributed by atoms with van der Waals surface area (Å²) >= 11 is 6.02. The number of non-ortho nitro benzene ring substituents is 1. The number of nitrogens with one attached hydrogen (secondary N) is 1. The lowest BCUT2D eigenvalue weighted by molar-refractivity contribution is -0.384. The van der Waals surface area contributed by atoms with Gasteiger partial charge < -0.3 is 5.32 Å². The van der Waals surface area contributed by atoms with Crippen molar-refractivity contribution in [1.29, 1.82) is 0 Å². The molecule has 0 fully saturated rings. The number of halogens is 1. The van der Waals surface area contributed by atoms with Crippen LogP contribution in [0.5, 0.6) is 0 Å². The summed E-state index contributed by atoms with van der Waals surface area (Å²) in [5.74, 6) is 0. The summed E-state index contributed by atoms with van der Waals surface area (Å²) in [6, 6.07) is 4.84. The number of hydrogen-bond acceptors (Lipinski definition) is 3. The lowest BCUT2D eigenvalue weighted by atomic mass is 10.1. The van der Waals surface area contributed by atoms with Crippen LogP contribution in [0.25, 0.3) is 6.08 Å². The minimum Gasteiger partial charge on any atom is -0.311 e. The molecule has 1 aromatic carbocycles. The highest BCUT2D eigenvalue weighted by molar-refractivity contribution is 6.32. The Morgan fingerprint density at radius 1 is 1.56 bits per heavy atom. The molecule has 0 aliphatic heterocycles. The first-order valence-electron chi connectivity index (χ1n) is 5.74. The lowest BCUT2D eigenvalue weighted by Gasteiger charge is -2.08. The van der Waals surface area contributed by atoms with Crippen molar-refractivity contribution in [1.82, 2.24) is 5.32 Å². The Labute approximate surface area is 112 Å². The summed E-state index contributed by atoms with van der Waals surface area (Å²) in [4.78, 5) is 10.3. The van der Waals surface area contributed by atoms with Crippen LogP contribution in [0.15, 0.2) is 23.8 Å². The molecule has 0 unspecified atom stereocenters. The van der Waals surface area contributed by atoms with Crippen molar-refractivity contribution in [2.75, 3.05) is 6.54 Å². The van der Waals surface area contributed by atoms with Crippen molar-refractivity contribution in [3.63, 3.8) is 0 Å². The first-order chi connectivity index (χ1) is 8.40. The van der Waals surface area contributed by atoms with E-state index in [1.54, 1.807) is 6.07 Å². The fraction of sp³-hybridized carbons (Fsp3) is 0.385. The molecule has 0 heterocycles. The third kappa shape index (κ3) is 4.47. The van der Waals surface area contributed by atoms with Gasteiger partial charge in [-0.3, -0.25) is 10.1 Å². The van der Waals surface area contributed by atoms with Crippen molar-refractivity contribution in [3.05, 3.63) is 44.5 Å². The Morgan fingerprint density at radius 3 is 2.78 bits per heavy atom. The van der Waals surface area contributed by atoms with E-state index >= 15 is 0 Å². The Bertz CT molecular complexity index is 470. The van der Waals surface area contributed by atoms with Gasteiger partial charge in [0.05, 0.1) is 4.92 Å². The summed E-state index contributed by atoms with van der Waals surface area (Å²) in [7, 11) is 0. The molecule has 0 aliphatic carbocycles. The topological polar surface area (TPSA) is 55.2 Å². The standard InChI is InChI=1S/C13H17ClN2O2/c1-9(2)15-8-10(3)6-11-7-12(16(17)18)4-5-13(11)14/h4-7,9,15H,8H2,1-3H3. The highest BCUT2D eigenvalue weighted by Crippen LogP contribution is 2.24. The Morgan fingerprint density at radius 2 is 2.22 bits per heavy atom. The highest BCUT2D eigenvalue weighted by atomic mass is 35.5. The maximum atomic E-state index is 10.7. The monoisotopic (exact) mass is 268 g/mol. The van der Waals surface area contributed by atoms with Gasteiger partial charge in [-0.15, -0.1) is 0 Å². The smallest absolute Gasteiger partial charge is 0.270 e. The van der Waals surface area contributed by atoms with Gasteiger partial charge in [-0.05, 0) is 18.6 Å². The zero-order valence-electron chi connectivity index (χ0n) is 10.7. The van der Waals surface area contributed by atoms with Gasteiger partial charge in [-0.2, -0.15) is 0 Å². The first kappa shape index (κ1) is 14.7. The van der Waals surface area contributed by atoms with Gasteiger partial charge >= 0.3 is 0 Å². The molecule has 1 rings (SSSR count). The van der Waals surface area contributed by atoms with E-state index in [4.69, 9.17) is 11.6 Å². The molecule has 0 saturated heterocycles. The molecule has 18 heavy (non-hydrogen) atoms. The first-order valence-corrected chi connectivity index (χ1v) is 6.12. The van der Waals surface area contributed by atoms with Crippen LogP contribution in [0.2, 0.25) is 5.02 Å². The van der Waals surface area contributed by atoms with Crippen molar-refractivity contribution in [3.8, 4) is 0 Å². The lowest BCUT2D eigenvalue weighted by Crippen LogP contribution is -2.24. The molecule has 0 saturated carbocycles.